The van der Waals surface area contributed by atoms with E-state index in [4.69, 9.17) is 0 Å². The van der Waals surface area contributed by atoms with Crippen LogP contribution < -0.4 is 0 Å². The second kappa shape index (κ2) is 4.24. The Morgan fingerprint density at radius 1 is 1.44 bits per heavy atom. The van der Waals surface area contributed by atoms with Crippen molar-refractivity contribution in [2.45, 2.75) is 12.6 Å². The maximum Gasteiger partial charge on any atom is 0.150 e. The maximum atomic E-state index is 10.4. The van der Waals surface area contributed by atoms with Crippen molar-refractivity contribution in [3.63, 3.8) is 0 Å². The molecule has 2 rings (SSSR count). The fraction of sp³-hybridized carbons (Fsp3) is 0.182. The van der Waals surface area contributed by atoms with Crippen LogP contribution in [-0.2, 0) is 11.3 Å². The lowest BCUT2D eigenvalue weighted by Crippen LogP contribution is -2.16. The Kier molecular flexibility index (Phi) is 2.78. The molecule has 1 N–H and O–H groups in total. The molecule has 5 nitrogen and oxygen atoms in total. The van der Waals surface area contributed by atoms with Crippen LogP contribution in [0.1, 0.15) is 0 Å². The first-order valence-corrected chi connectivity index (χ1v) is 4.80. The zero-order valence-corrected chi connectivity index (χ0v) is 8.41. The van der Waals surface area contributed by atoms with Crippen LogP contribution in [0.5, 0.6) is 0 Å². The van der Waals surface area contributed by atoms with Gasteiger partial charge < -0.3 is 14.5 Å². The summed E-state index contributed by atoms with van der Waals surface area (Å²) in [4.78, 5) is 20.8. The predicted octanol–water partition coefficient (Wildman–Crippen LogP) is 1.60. The molecule has 0 aliphatic heterocycles. The van der Waals surface area contributed by atoms with E-state index < -0.39 is 6.10 Å². The van der Waals surface area contributed by atoms with Gasteiger partial charge in [-0.2, -0.15) is 0 Å². The van der Waals surface area contributed by atoms with Crippen molar-refractivity contribution in [1.29, 1.82) is 0 Å². The standard InChI is InChI=1S/C11H10N2O3/c14-7-10(15)6-13-4-3-8-1-2-9(12-16)5-11(8)13/h1-5,7,10,15H,6H2. The molecule has 5 heteroatoms. The average molecular weight is 218 g/mol. The van der Waals surface area contributed by atoms with Crippen LogP contribution in [0, 0.1) is 4.91 Å². The highest BCUT2D eigenvalue weighted by molar-refractivity contribution is 5.83. The van der Waals surface area contributed by atoms with Crippen molar-refractivity contribution in [2.24, 2.45) is 5.18 Å². The first-order chi connectivity index (χ1) is 7.74. The smallest absolute Gasteiger partial charge is 0.150 e. The third-order valence-electron chi connectivity index (χ3n) is 2.40. The topological polar surface area (TPSA) is 71.7 Å². The van der Waals surface area contributed by atoms with Crippen molar-refractivity contribution in [2.75, 3.05) is 0 Å². The quantitative estimate of drug-likeness (QED) is 0.625. The van der Waals surface area contributed by atoms with E-state index in [-0.39, 0.29) is 6.54 Å². The number of aldehydes is 1. The SMILES string of the molecule is O=CC(O)Cn1ccc2ccc(N=O)cc21. The molecule has 82 valence electrons. The molecule has 0 saturated heterocycles. The van der Waals surface area contributed by atoms with Gasteiger partial charge in [0.15, 0.2) is 0 Å². The molecule has 1 heterocycles. The van der Waals surface area contributed by atoms with Gasteiger partial charge in [0, 0.05) is 6.20 Å². The van der Waals surface area contributed by atoms with Gasteiger partial charge in [0.2, 0.25) is 0 Å². The Hall–Kier alpha value is -2.01. The first kappa shape index (κ1) is 10.5. The monoisotopic (exact) mass is 218 g/mol. The van der Waals surface area contributed by atoms with E-state index >= 15 is 0 Å². The van der Waals surface area contributed by atoms with E-state index in [0.29, 0.717) is 12.0 Å². The number of nitrogens with zero attached hydrogens (tertiary/aromatic N) is 2. The fourth-order valence-corrected chi connectivity index (χ4v) is 1.63. The van der Waals surface area contributed by atoms with Crippen LogP contribution in [0.2, 0.25) is 0 Å². The minimum atomic E-state index is -1.04. The Bertz CT molecular complexity index is 533. The first-order valence-electron chi connectivity index (χ1n) is 4.80. The molecule has 16 heavy (non-hydrogen) atoms. The van der Waals surface area contributed by atoms with Crippen molar-refractivity contribution in [1.82, 2.24) is 4.57 Å². The van der Waals surface area contributed by atoms with E-state index in [9.17, 15) is 14.8 Å². The van der Waals surface area contributed by atoms with Crippen LogP contribution in [0.4, 0.5) is 5.69 Å². The van der Waals surface area contributed by atoms with E-state index in [1.54, 1.807) is 29.0 Å². The zero-order chi connectivity index (χ0) is 11.5. The molecule has 0 fully saturated rings. The summed E-state index contributed by atoms with van der Waals surface area (Å²) in [5.74, 6) is 0. The number of hydrogen-bond acceptors (Lipinski definition) is 4. The van der Waals surface area contributed by atoms with Gasteiger partial charge in [0.1, 0.15) is 18.1 Å². The number of benzene rings is 1. The molecule has 2 aromatic rings. The number of carbonyl (C=O) groups excluding carboxylic acids is 1. The van der Waals surface area contributed by atoms with Gasteiger partial charge in [-0.15, -0.1) is 4.91 Å². The number of aromatic nitrogens is 1. The molecule has 1 atom stereocenters. The second-order valence-corrected chi connectivity index (χ2v) is 3.51. The largest absolute Gasteiger partial charge is 0.384 e. The van der Waals surface area contributed by atoms with Gasteiger partial charge in [-0.3, -0.25) is 0 Å². The Morgan fingerprint density at radius 2 is 2.25 bits per heavy atom. The van der Waals surface area contributed by atoms with E-state index in [0.717, 1.165) is 10.9 Å². The number of fused-ring (bicyclic) bond motifs is 1. The summed E-state index contributed by atoms with van der Waals surface area (Å²) >= 11 is 0. The Balaban J connectivity index is 2.45. The van der Waals surface area contributed by atoms with Crippen molar-refractivity contribution in [3.05, 3.63) is 35.4 Å². The summed E-state index contributed by atoms with van der Waals surface area (Å²) in [6.45, 7) is 0.176. The van der Waals surface area contributed by atoms with Gasteiger partial charge in [0.05, 0.1) is 12.1 Å². The summed E-state index contributed by atoms with van der Waals surface area (Å²) in [6, 6.07) is 6.87. The lowest BCUT2D eigenvalue weighted by molar-refractivity contribution is -0.115. The lowest BCUT2D eigenvalue weighted by atomic mass is 10.2. The number of hydrogen-bond donors (Lipinski definition) is 1. The van der Waals surface area contributed by atoms with Gasteiger partial charge in [0.25, 0.3) is 0 Å². The highest BCUT2D eigenvalue weighted by Crippen LogP contribution is 2.22. The molecule has 1 aromatic heterocycles. The molecule has 1 aromatic carbocycles. The fourth-order valence-electron chi connectivity index (χ4n) is 1.63. The number of carbonyl (C=O) groups is 1. The maximum absolute atomic E-state index is 10.4. The molecular formula is C11H10N2O3. The summed E-state index contributed by atoms with van der Waals surface area (Å²) in [5.41, 5.74) is 1.10. The van der Waals surface area contributed by atoms with Gasteiger partial charge in [-0.1, -0.05) is 6.07 Å². The molecule has 0 amide bonds. The molecule has 0 saturated carbocycles. The lowest BCUT2D eigenvalue weighted by Gasteiger charge is -2.06. The summed E-state index contributed by atoms with van der Waals surface area (Å²) in [7, 11) is 0. The van der Waals surface area contributed by atoms with Crippen LogP contribution in [-0.4, -0.2) is 22.1 Å². The van der Waals surface area contributed by atoms with Crippen molar-refractivity contribution < 1.29 is 9.90 Å². The van der Waals surface area contributed by atoms with Crippen LogP contribution in [0.15, 0.2) is 35.6 Å². The van der Waals surface area contributed by atoms with E-state index in [2.05, 4.69) is 5.18 Å². The second-order valence-electron chi connectivity index (χ2n) is 3.51. The molecule has 1 unspecified atom stereocenters. The number of rotatable bonds is 4. The number of aliphatic hydroxyl groups is 1. The Morgan fingerprint density at radius 3 is 2.94 bits per heavy atom. The minimum absolute atomic E-state index is 0.176. The van der Waals surface area contributed by atoms with E-state index in [1.165, 1.54) is 0 Å². The highest BCUT2D eigenvalue weighted by atomic mass is 16.3. The highest BCUT2D eigenvalue weighted by Gasteiger charge is 2.07. The summed E-state index contributed by atoms with van der Waals surface area (Å²) in [5, 5.41) is 13.0. The molecule has 0 bridgehead atoms. The third kappa shape index (κ3) is 1.85. The van der Waals surface area contributed by atoms with Gasteiger partial charge >= 0.3 is 0 Å². The minimum Gasteiger partial charge on any atom is -0.384 e. The third-order valence-corrected chi connectivity index (χ3v) is 2.40. The molecule has 0 spiro atoms. The van der Waals surface area contributed by atoms with Crippen molar-refractivity contribution in [3.8, 4) is 0 Å². The normalized spacial score (nSPS) is 12.6. The van der Waals surface area contributed by atoms with Crippen LogP contribution in [0.3, 0.4) is 0 Å². The van der Waals surface area contributed by atoms with E-state index in [1.807, 2.05) is 6.07 Å². The van der Waals surface area contributed by atoms with Crippen LogP contribution >= 0.6 is 0 Å². The average Bonchev–Trinajstić information content (AvgIpc) is 2.71. The number of aliphatic hydroxyl groups excluding tert-OH is 1. The molecular weight excluding hydrogens is 208 g/mol. The van der Waals surface area contributed by atoms with Gasteiger partial charge in [-0.05, 0) is 28.8 Å². The molecule has 0 aliphatic carbocycles. The number of nitroso groups, excluding NO2 is 1. The molecule has 0 aliphatic rings. The van der Waals surface area contributed by atoms with Gasteiger partial charge in [-0.25, -0.2) is 0 Å². The molecule has 0 radical (unpaired) electrons. The zero-order valence-electron chi connectivity index (χ0n) is 8.41. The summed E-state index contributed by atoms with van der Waals surface area (Å²) < 4.78 is 1.71. The van der Waals surface area contributed by atoms with Crippen LogP contribution in [0.25, 0.3) is 10.9 Å². The summed E-state index contributed by atoms with van der Waals surface area (Å²) in [6.07, 6.45) is 1.20. The predicted molar refractivity (Wildman–Crippen MR) is 59.5 cm³/mol. The Labute approximate surface area is 91.3 Å². The van der Waals surface area contributed by atoms with Crippen molar-refractivity contribution >= 4 is 22.9 Å².